The number of carbonyl (C=O) groups excluding carboxylic acids is 2. The van der Waals surface area contributed by atoms with Crippen molar-refractivity contribution in [2.24, 2.45) is 0 Å². The number of hydrogen-bond acceptors (Lipinski definition) is 5. The van der Waals surface area contributed by atoms with E-state index in [9.17, 15) is 18.0 Å². The summed E-state index contributed by atoms with van der Waals surface area (Å²) in [6, 6.07) is 6.30. The van der Waals surface area contributed by atoms with Crippen LogP contribution in [0.2, 0.25) is 0 Å². The van der Waals surface area contributed by atoms with Gasteiger partial charge in [0.25, 0.3) is 0 Å². The fourth-order valence-electron chi connectivity index (χ4n) is 2.67. The average molecular weight is 368 g/mol. The highest BCUT2D eigenvalue weighted by Crippen LogP contribution is 2.19. The van der Waals surface area contributed by atoms with E-state index < -0.39 is 10.0 Å². The number of nitrogens with one attached hydrogen (secondary N) is 1. The van der Waals surface area contributed by atoms with Gasteiger partial charge in [-0.3, -0.25) is 13.9 Å². The van der Waals surface area contributed by atoms with Crippen LogP contribution in [0.25, 0.3) is 0 Å². The molecule has 0 bridgehead atoms. The molecule has 25 heavy (non-hydrogen) atoms. The van der Waals surface area contributed by atoms with Crippen LogP contribution in [0.3, 0.4) is 0 Å². The van der Waals surface area contributed by atoms with E-state index in [1.165, 1.54) is 11.2 Å². The zero-order valence-electron chi connectivity index (χ0n) is 14.5. The van der Waals surface area contributed by atoms with Gasteiger partial charge in [0.1, 0.15) is 0 Å². The van der Waals surface area contributed by atoms with Gasteiger partial charge in [-0.25, -0.2) is 8.42 Å². The first-order valence-electron chi connectivity index (χ1n) is 8.24. The lowest BCUT2D eigenvalue weighted by molar-refractivity contribution is -0.121. The SMILES string of the molecule is CC(=O)c1ccc(N(CCC(=O)NCC2CCCO2)S(C)(=O)=O)cc1. The molecule has 138 valence electrons. The lowest BCUT2D eigenvalue weighted by Crippen LogP contribution is -2.36. The molecule has 1 unspecified atom stereocenters. The summed E-state index contributed by atoms with van der Waals surface area (Å²) in [5.41, 5.74) is 0.936. The molecule has 1 amide bonds. The van der Waals surface area contributed by atoms with Crippen LogP contribution in [0.4, 0.5) is 5.69 Å². The molecule has 1 N–H and O–H groups in total. The van der Waals surface area contributed by atoms with Crippen molar-refractivity contribution >= 4 is 27.4 Å². The Morgan fingerprint density at radius 3 is 2.48 bits per heavy atom. The van der Waals surface area contributed by atoms with E-state index in [0.29, 0.717) is 17.8 Å². The highest BCUT2D eigenvalue weighted by molar-refractivity contribution is 7.92. The van der Waals surface area contributed by atoms with Crippen molar-refractivity contribution in [1.29, 1.82) is 0 Å². The second kappa shape index (κ2) is 8.44. The van der Waals surface area contributed by atoms with Crippen LogP contribution in [-0.4, -0.2) is 52.2 Å². The number of carbonyl (C=O) groups is 2. The number of amides is 1. The minimum Gasteiger partial charge on any atom is -0.376 e. The van der Waals surface area contributed by atoms with Crippen molar-refractivity contribution in [3.63, 3.8) is 0 Å². The van der Waals surface area contributed by atoms with E-state index in [4.69, 9.17) is 4.74 Å². The smallest absolute Gasteiger partial charge is 0.232 e. The van der Waals surface area contributed by atoms with Crippen LogP contribution in [0.1, 0.15) is 36.5 Å². The summed E-state index contributed by atoms with van der Waals surface area (Å²) in [7, 11) is -3.53. The van der Waals surface area contributed by atoms with Crippen molar-refractivity contribution in [2.75, 3.05) is 30.3 Å². The van der Waals surface area contributed by atoms with Gasteiger partial charge in [-0.05, 0) is 44.0 Å². The number of ketones is 1. The Morgan fingerprint density at radius 1 is 1.28 bits per heavy atom. The van der Waals surface area contributed by atoms with Gasteiger partial charge in [-0.1, -0.05) is 0 Å². The number of anilines is 1. The average Bonchev–Trinajstić information content (AvgIpc) is 3.05. The molecule has 1 aliphatic rings. The molecule has 7 nitrogen and oxygen atoms in total. The maximum atomic E-state index is 12.0. The molecule has 0 aromatic heterocycles. The lowest BCUT2D eigenvalue weighted by Gasteiger charge is -2.22. The molecule has 1 aromatic rings. The van der Waals surface area contributed by atoms with Gasteiger partial charge >= 0.3 is 0 Å². The first-order valence-corrected chi connectivity index (χ1v) is 10.1. The number of hydrogen-bond donors (Lipinski definition) is 1. The lowest BCUT2D eigenvalue weighted by atomic mass is 10.1. The number of sulfonamides is 1. The monoisotopic (exact) mass is 368 g/mol. The molecular formula is C17H24N2O5S. The highest BCUT2D eigenvalue weighted by atomic mass is 32.2. The summed E-state index contributed by atoms with van der Waals surface area (Å²) in [4.78, 5) is 23.3. The van der Waals surface area contributed by atoms with Gasteiger partial charge < -0.3 is 10.1 Å². The Bertz CT molecular complexity index is 709. The van der Waals surface area contributed by atoms with Crippen LogP contribution >= 0.6 is 0 Å². The van der Waals surface area contributed by atoms with Crippen LogP contribution in [0, 0.1) is 0 Å². The number of Topliss-reactive ketones (excluding diaryl/α,β-unsaturated/α-hetero) is 1. The molecule has 1 aromatic carbocycles. The van der Waals surface area contributed by atoms with Gasteiger partial charge in [0, 0.05) is 31.7 Å². The molecule has 0 spiro atoms. The zero-order valence-corrected chi connectivity index (χ0v) is 15.3. The first-order chi connectivity index (χ1) is 11.8. The van der Waals surface area contributed by atoms with E-state index >= 15 is 0 Å². The molecule has 8 heteroatoms. The minimum atomic E-state index is -3.53. The zero-order chi connectivity index (χ0) is 18.4. The van der Waals surface area contributed by atoms with Gasteiger partial charge in [-0.2, -0.15) is 0 Å². The van der Waals surface area contributed by atoms with Crippen molar-refractivity contribution in [1.82, 2.24) is 5.32 Å². The molecule has 1 heterocycles. The molecule has 0 aliphatic carbocycles. The van der Waals surface area contributed by atoms with E-state index in [-0.39, 0.29) is 30.8 Å². The third-order valence-electron chi connectivity index (χ3n) is 4.05. The van der Waals surface area contributed by atoms with Crippen LogP contribution in [0.5, 0.6) is 0 Å². The summed E-state index contributed by atoms with van der Waals surface area (Å²) in [6.45, 7) is 2.65. The normalized spacial score (nSPS) is 17.3. The topological polar surface area (TPSA) is 92.8 Å². The number of nitrogens with zero attached hydrogens (tertiary/aromatic N) is 1. The quantitative estimate of drug-likeness (QED) is 0.699. The Balaban J connectivity index is 1.95. The van der Waals surface area contributed by atoms with Gasteiger partial charge in [0.2, 0.25) is 15.9 Å². The summed E-state index contributed by atoms with van der Waals surface area (Å²) in [5.74, 6) is -0.310. The second-order valence-electron chi connectivity index (χ2n) is 6.13. The molecule has 1 fully saturated rings. The second-order valence-corrected chi connectivity index (χ2v) is 8.03. The molecule has 1 saturated heterocycles. The van der Waals surface area contributed by atoms with Crippen molar-refractivity contribution in [2.45, 2.75) is 32.3 Å². The molecule has 0 saturated carbocycles. The molecule has 2 rings (SSSR count). The third-order valence-corrected chi connectivity index (χ3v) is 5.25. The Hall–Kier alpha value is -1.93. The highest BCUT2D eigenvalue weighted by Gasteiger charge is 2.20. The van der Waals surface area contributed by atoms with Crippen molar-refractivity contribution in [3.05, 3.63) is 29.8 Å². The fourth-order valence-corrected chi connectivity index (χ4v) is 3.60. The van der Waals surface area contributed by atoms with Gasteiger partial charge in [0.05, 0.1) is 18.0 Å². The van der Waals surface area contributed by atoms with Crippen molar-refractivity contribution < 1.29 is 22.7 Å². The standard InChI is InChI=1S/C17H24N2O5S/c1-13(20)14-5-7-15(8-6-14)19(25(2,22)23)10-9-17(21)18-12-16-4-3-11-24-16/h5-8,16H,3-4,9-12H2,1-2H3,(H,18,21). The van der Waals surface area contributed by atoms with Gasteiger partial charge in [0.15, 0.2) is 5.78 Å². The number of rotatable bonds is 8. The Kier molecular flexibility index (Phi) is 6.55. The van der Waals surface area contributed by atoms with E-state index in [2.05, 4.69) is 5.32 Å². The summed E-state index contributed by atoms with van der Waals surface area (Å²) < 4.78 is 30.7. The fraction of sp³-hybridized carbons (Fsp3) is 0.529. The van der Waals surface area contributed by atoms with Crippen molar-refractivity contribution in [3.8, 4) is 0 Å². The summed E-state index contributed by atoms with van der Waals surface area (Å²) >= 11 is 0. The minimum absolute atomic E-state index is 0.0373. The van der Waals surface area contributed by atoms with E-state index in [1.54, 1.807) is 24.3 Å². The molecule has 1 aliphatic heterocycles. The predicted octanol–water partition coefficient (Wildman–Crippen LogP) is 1.34. The van der Waals surface area contributed by atoms with E-state index in [0.717, 1.165) is 25.7 Å². The van der Waals surface area contributed by atoms with Crippen LogP contribution in [-0.2, 0) is 19.6 Å². The first kappa shape index (κ1) is 19.4. The third kappa shape index (κ3) is 5.82. The molecule has 0 radical (unpaired) electrons. The summed E-state index contributed by atoms with van der Waals surface area (Å²) in [6.07, 6.45) is 3.12. The molecule has 1 atom stereocenters. The maximum absolute atomic E-state index is 12.0. The largest absolute Gasteiger partial charge is 0.376 e. The Morgan fingerprint density at radius 2 is 1.96 bits per heavy atom. The van der Waals surface area contributed by atoms with E-state index in [1.807, 2.05) is 0 Å². The van der Waals surface area contributed by atoms with Crippen LogP contribution < -0.4 is 9.62 Å². The number of benzene rings is 1. The number of ether oxygens (including phenoxy) is 1. The Labute approximate surface area is 148 Å². The maximum Gasteiger partial charge on any atom is 0.232 e. The molecular weight excluding hydrogens is 344 g/mol. The summed E-state index contributed by atoms with van der Waals surface area (Å²) in [5, 5.41) is 2.78. The predicted molar refractivity (Wildman–Crippen MR) is 95.2 cm³/mol. The van der Waals surface area contributed by atoms with Gasteiger partial charge in [-0.15, -0.1) is 0 Å². The van der Waals surface area contributed by atoms with Crippen LogP contribution in [0.15, 0.2) is 24.3 Å².